The molecule has 0 aliphatic carbocycles. The number of benzene rings is 2. The van der Waals surface area contributed by atoms with Crippen LogP contribution in [0.3, 0.4) is 0 Å². The van der Waals surface area contributed by atoms with Gasteiger partial charge in [0.2, 0.25) is 0 Å². The summed E-state index contributed by atoms with van der Waals surface area (Å²) in [5.41, 5.74) is 4.81. The molecule has 0 radical (unpaired) electrons. The fourth-order valence-corrected chi connectivity index (χ4v) is 3.51. The monoisotopic (exact) mass is 421 g/mol. The van der Waals surface area contributed by atoms with Gasteiger partial charge in [0.1, 0.15) is 17.2 Å². The van der Waals surface area contributed by atoms with Crippen molar-refractivity contribution in [3.05, 3.63) is 82.3 Å². The first kappa shape index (κ1) is 20.2. The van der Waals surface area contributed by atoms with Crippen LogP contribution in [-0.4, -0.2) is 21.4 Å². The van der Waals surface area contributed by atoms with Crippen LogP contribution in [0.1, 0.15) is 29.1 Å². The first-order chi connectivity index (χ1) is 14.5. The van der Waals surface area contributed by atoms with Crippen LogP contribution in [0.25, 0.3) is 17.3 Å². The van der Waals surface area contributed by atoms with Crippen LogP contribution in [0.4, 0.5) is 0 Å². The molecule has 5 nitrogen and oxygen atoms in total. The Kier molecular flexibility index (Phi) is 5.91. The second-order valence-corrected chi connectivity index (χ2v) is 7.77. The highest BCUT2D eigenvalue weighted by Gasteiger charge is 2.18. The summed E-state index contributed by atoms with van der Waals surface area (Å²) in [5.74, 6) is 1.73. The third-order valence-electron chi connectivity index (χ3n) is 4.89. The molecule has 2 aromatic heterocycles. The van der Waals surface area contributed by atoms with Gasteiger partial charge in [-0.05, 0) is 57.0 Å². The average Bonchev–Trinajstić information content (AvgIpc) is 3.29. The van der Waals surface area contributed by atoms with Gasteiger partial charge in [0.15, 0.2) is 0 Å². The molecule has 0 saturated carbocycles. The van der Waals surface area contributed by atoms with E-state index in [1.165, 1.54) is 0 Å². The van der Waals surface area contributed by atoms with Crippen LogP contribution >= 0.6 is 11.6 Å². The van der Waals surface area contributed by atoms with Crippen molar-refractivity contribution in [3.63, 3.8) is 0 Å². The molecule has 0 aliphatic rings. The number of ether oxygens (including phenoxy) is 1. The molecule has 0 amide bonds. The first-order valence-electron chi connectivity index (χ1n) is 9.99. The Hall–Kier alpha value is -3.05. The Morgan fingerprint density at radius 3 is 2.50 bits per heavy atom. The van der Waals surface area contributed by atoms with E-state index in [9.17, 15) is 0 Å². The molecule has 0 atom stereocenters. The Labute approximate surface area is 181 Å². The van der Waals surface area contributed by atoms with E-state index >= 15 is 0 Å². The Morgan fingerprint density at radius 1 is 1.03 bits per heavy atom. The zero-order valence-electron chi connectivity index (χ0n) is 17.4. The molecular weight excluding hydrogens is 398 g/mol. The van der Waals surface area contributed by atoms with Gasteiger partial charge in [-0.3, -0.25) is 0 Å². The van der Waals surface area contributed by atoms with Gasteiger partial charge in [-0.1, -0.05) is 41.9 Å². The SMILES string of the molecule is Cc1cc(C)n(-c2nc(-c3ccc(Cl)cc3)c(CCCOc3ccccc3C)o2)n1. The highest BCUT2D eigenvalue weighted by atomic mass is 35.5. The van der Waals surface area contributed by atoms with Crippen molar-refractivity contribution >= 4 is 11.6 Å². The fraction of sp³-hybridized carbons (Fsp3) is 0.250. The van der Waals surface area contributed by atoms with Crippen molar-refractivity contribution < 1.29 is 9.15 Å². The van der Waals surface area contributed by atoms with E-state index in [2.05, 4.69) is 5.10 Å². The number of hydrogen-bond donors (Lipinski definition) is 0. The number of para-hydroxylation sites is 1. The maximum Gasteiger partial charge on any atom is 0.323 e. The second kappa shape index (κ2) is 8.76. The quantitative estimate of drug-likeness (QED) is 0.337. The van der Waals surface area contributed by atoms with E-state index in [0.29, 0.717) is 24.1 Å². The zero-order valence-corrected chi connectivity index (χ0v) is 18.1. The molecule has 2 aromatic carbocycles. The maximum atomic E-state index is 6.16. The van der Waals surface area contributed by atoms with Crippen molar-refractivity contribution in [1.29, 1.82) is 0 Å². The number of rotatable bonds is 7. The lowest BCUT2D eigenvalue weighted by Gasteiger charge is -2.08. The van der Waals surface area contributed by atoms with E-state index < -0.39 is 0 Å². The highest BCUT2D eigenvalue weighted by molar-refractivity contribution is 6.30. The molecule has 0 unspecified atom stereocenters. The topological polar surface area (TPSA) is 53.1 Å². The van der Waals surface area contributed by atoms with Crippen LogP contribution in [0.2, 0.25) is 5.02 Å². The lowest BCUT2D eigenvalue weighted by molar-refractivity contribution is 0.304. The maximum absolute atomic E-state index is 6.16. The highest BCUT2D eigenvalue weighted by Crippen LogP contribution is 2.28. The van der Waals surface area contributed by atoms with Gasteiger partial charge in [-0.15, -0.1) is 0 Å². The van der Waals surface area contributed by atoms with E-state index in [-0.39, 0.29) is 0 Å². The van der Waals surface area contributed by atoms with Crippen LogP contribution in [0.5, 0.6) is 5.75 Å². The van der Waals surface area contributed by atoms with E-state index in [4.69, 9.17) is 25.7 Å². The molecule has 0 aliphatic heterocycles. The molecule has 2 heterocycles. The summed E-state index contributed by atoms with van der Waals surface area (Å²) >= 11 is 6.06. The summed E-state index contributed by atoms with van der Waals surface area (Å²) in [6.45, 7) is 6.59. The predicted octanol–water partition coefficient (Wildman–Crippen LogP) is 6.12. The number of halogens is 1. The van der Waals surface area contributed by atoms with Crippen molar-refractivity contribution in [2.45, 2.75) is 33.6 Å². The molecule has 30 heavy (non-hydrogen) atoms. The molecule has 4 aromatic rings. The molecule has 154 valence electrons. The molecule has 0 N–H and O–H groups in total. The smallest absolute Gasteiger partial charge is 0.323 e. The van der Waals surface area contributed by atoms with Gasteiger partial charge in [0.05, 0.1) is 12.3 Å². The third-order valence-corrected chi connectivity index (χ3v) is 5.15. The second-order valence-electron chi connectivity index (χ2n) is 7.33. The lowest BCUT2D eigenvalue weighted by atomic mass is 10.1. The molecule has 4 rings (SSSR count). The van der Waals surface area contributed by atoms with E-state index in [1.54, 1.807) is 4.68 Å². The summed E-state index contributed by atoms with van der Waals surface area (Å²) in [5, 5.41) is 5.19. The third kappa shape index (κ3) is 4.41. The number of aryl methyl sites for hydroxylation is 4. The van der Waals surface area contributed by atoms with Gasteiger partial charge in [0, 0.05) is 22.7 Å². The summed E-state index contributed by atoms with van der Waals surface area (Å²) in [4.78, 5) is 4.76. The molecule has 0 saturated heterocycles. The van der Waals surface area contributed by atoms with Crippen LogP contribution in [0.15, 0.2) is 59.0 Å². The van der Waals surface area contributed by atoms with Crippen molar-refractivity contribution in [2.75, 3.05) is 6.61 Å². The number of nitrogens with zero attached hydrogens (tertiary/aromatic N) is 3. The zero-order chi connectivity index (χ0) is 21.1. The molecular formula is C24H24ClN3O2. The van der Waals surface area contributed by atoms with Gasteiger partial charge in [-0.25, -0.2) is 0 Å². The normalized spacial score (nSPS) is 11.1. The van der Waals surface area contributed by atoms with Crippen LogP contribution in [-0.2, 0) is 6.42 Å². The average molecular weight is 422 g/mol. The number of oxazole rings is 1. The van der Waals surface area contributed by atoms with Gasteiger partial charge in [0.25, 0.3) is 0 Å². The molecule has 0 spiro atoms. The predicted molar refractivity (Wildman–Crippen MR) is 119 cm³/mol. The van der Waals surface area contributed by atoms with E-state index in [1.807, 2.05) is 75.4 Å². The summed E-state index contributed by atoms with van der Waals surface area (Å²) in [7, 11) is 0. The van der Waals surface area contributed by atoms with Crippen LogP contribution < -0.4 is 4.74 Å². The minimum absolute atomic E-state index is 0.473. The summed E-state index contributed by atoms with van der Waals surface area (Å²) in [6, 6.07) is 18.1. The molecule has 0 bridgehead atoms. The Morgan fingerprint density at radius 2 is 1.80 bits per heavy atom. The minimum Gasteiger partial charge on any atom is -0.493 e. The summed E-state index contributed by atoms with van der Waals surface area (Å²) in [6.07, 6.45) is 1.51. The number of aromatic nitrogens is 3. The fourth-order valence-electron chi connectivity index (χ4n) is 3.39. The van der Waals surface area contributed by atoms with Crippen molar-refractivity contribution in [2.24, 2.45) is 0 Å². The Bertz CT molecular complexity index is 1150. The standard InChI is InChI=1S/C24H24ClN3O2/c1-16-7-4-5-8-21(16)29-14-6-9-22-23(19-10-12-20(25)13-11-19)26-24(30-22)28-18(3)15-17(2)27-28/h4-5,7-8,10-13,15H,6,9,14H2,1-3H3. The Balaban J connectivity index is 1.56. The van der Waals surface area contributed by atoms with Crippen molar-refractivity contribution in [3.8, 4) is 23.0 Å². The van der Waals surface area contributed by atoms with E-state index in [0.717, 1.165) is 46.1 Å². The molecule has 0 fully saturated rings. The van der Waals surface area contributed by atoms with Crippen LogP contribution in [0, 0.1) is 20.8 Å². The first-order valence-corrected chi connectivity index (χ1v) is 10.4. The van der Waals surface area contributed by atoms with Gasteiger partial charge in [-0.2, -0.15) is 14.8 Å². The largest absolute Gasteiger partial charge is 0.493 e. The lowest BCUT2D eigenvalue weighted by Crippen LogP contribution is -2.01. The summed E-state index contributed by atoms with van der Waals surface area (Å²) < 4.78 is 13.8. The van der Waals surface area contributed by atoms with Gasteiger partial charge < -0.3 is 9.15 Å². The molecule has 6 heteroatoms. The number of hydrogen-bond acceptors (Lipinski definition) is 4. The minimum atomic E-state index is 0.473. The van der Waals surface area contributed by atoms with Crippen molar-refractivity contribution in [1.82, 2.24) is 14.8 Å². The van der Waals surface area contributed by atoms with Gasteiger partial charge >= 0.3 is 6.01 Å².